The Kier molecular flexibility index (Phi) is 5.38. The smallest absolute Gasteiger partial charge is 0.277 e. The number of aromatic amines is 1. The molecular formula is C15H17FN4O2S. The van der Waals surface area contributed by atoms with E-state index in [2.05, 4.69) is 15.3 Å². The van der Waals surface area contributed by atoms with Crippen molar-refractivity contribution in [3.63, 3.8) is 0 Å². The topological polar surface area (TPSA) is 101 Å². The van der Waals surface area contributed by atoms with Gasteiger partial charge in [0.15, 0.2) is 11.0 Å². The lowest BCUT2D eigenvalue weighted by atomic mass is 10.2. The third kappa shape index (κ3) is 4.32. The number of H-pyrrole nitrogens is 1. The number of anilines is 2. The summed E-state index contributed by atoms with van der Waals surface area (Å²) in [7, 11) is 0. The van der Waals surface area contributed by atoms with Crippen molar-refractivity contribution in [3.05, 3.63) is 46.0 Å². The summed E-state index contributed by atoms with van der Waals surface area (Å²) >= 11 is 1.40. The van der Waals surface area contributed by atoms with Crippen LogP contribution in [0.3, 0.4) is 0 Å². The largest absolute Gasteiger partial charge is 0.382 e. The molecule has 0 fully saturated rings. The Hall–Kier alpha value is -2.35. The molecule has 4 N–H and O–H groups in total. The molecule has 6 nitrogen and oxygen atoms in total. The molecule has 23 heavy (non-hydrogen) atoms. The van der Waals surface area contributed by atoms with Crippen LogP contribution >= 0.6 is 11.8 Å². The molecule has 0 spiro atoms. The van der Waals surface area contributed by atoms with Gasteiger partial charge in [0.1, 0.15) is 11.5 Å². The number of benzene rings is 1. The Balaban J connectivity index is 2.21. The molecule has 1 aromatic heterocycles. The van der Waals surface area contributed by atoms with Crippen LogP contribution < -0.4 is 16.6 Å². The molecule has 122 valence electrons. The number of amides is 1. The van der Waals surface area contributed by atoms with Gasteiger partial charge in [-0.25, -0.2) is 9.37 Å². The molecule has 0 unspecified atom stereocenters. The van der Waals surface area contributed by atoms with Crippen LogP contribution in [0.5, 0.6) is 0 Å². The van der Waals surface area contributed by atoms with Crippen molar-refractivity contribution < 1.29 is 9.18 Å². The number of halogens is 1. The Bertz CT molecular complexity index is 761. The van der Waals surface area contributed by atoms with Crippen molar-refractivity contribution in [2.24, 2.45) is 0 Å². The monoisotopic (exact) mass is 336 g/mol. The molecule has 0 aliphatic carbocycles. The molecule has 1 heterocycles. The predicted molar refractivity (Wildman–Crippen MR) is 89.2 cm³/mol. The molecule has 0 saturated heterocycles. The minimum Gasteiger partial charge on any atom is -0.382 e. The minimum absolute atomic E-state index is 0.0602. The maximum absolute atomic E-state index is 12.9. The van der Waals surface area contributed by atoms with Crippen LogP contribution in [0.4, 0.5) is 15.9 Å². The molecule has 2 aromatic rings. The lowest BCUT2D eigenvalue weighted by Gasteiger charge is -2.10. The van der Waals surface area contributed by atoms with Crippen molar-refractivity contribution in [1.29, 1.82) is 0 Å². The second-order valence-electron chi connectivity index (χ2n) is 4.93. The second kappa shape index (κ2) is 7.28. The van der Waals surface area contributed by atoms with Gasteiger partial charge in [-0.2, -0.15) is 0 Å². The van der Waals surface area contributed by atoms with Crippen molar-refractivity contribution in [1.82, 2.24) is 9.97 Å². The average Bonchev–Trinajstić information content (AvgIpc) is 2.51. The Morgan fingerprint density at radius 3 is 2.65 bits per heavy atom. The molecule has 0 bridgehead atoms. The van der Waals surface area contributed by atoms with Crippen LogP contribution in [0.25, 0.3) is 0 Å². The van der Waals surface area contributed by atoms with Gasteiger partial charge < -0.3 is 11.1 Å². The van der Waals surface area contributed by atoms with Crippen LogP contribution in [0.2, 0.25) is 0 Å². The standard InChI is InChI=1S/C15H17FN4O2S/c1-3-8(2)23-15-19-12(17)11(14(22)20-15)18-13(21)9-4-6-10(16)7-5-9/h4-8H,3H2,1-2H3,(H,18,21)(H3,17,19,20,22)/t8-/m1/s1. The molecule has 2 rings (SSSR count). The summed E-state index contributed by atoms with van der Waals surface area (Å²) in [5.41, 5.74) is 5.34. The van der Waals surface area contributed by atoms with E-state index in [0.717, 1.165) is 18.6 Å². The highest BCUT2D eigenvalue weighted by Crippen LogP contribution is 2.22. The SMILES string of the molecule is CC[C@@H](C)Sc1nc(N)c(NC(=O)c2ccc(F)cc2)c(=O)[nH]1. The molecule has 0 saturated carbocycles. The van der Waals surface area contributed by atoms with Gasteiger partial charge >= 0.3 is 0 Å². The second-order valence-corrected chi connectivity index (χ2v) is 6.36. The maximum atomic E-state index is 12.9. The van der Waals surface area contributed by atoms with E-state index in [1.165, 1.54) is 23.9 Å². The fraction of sp³-hybridized carbons (Fsp3) is 0.267. The number of carbonyl (C=O) groups is 1. The summed E-state index contributed by atoms with van der Waals surface area (Å²) in [5, 5.41) is 3.09. The number of hydrogen-bond donors (Lipinski definition) is 3. The molecule has 8 heteroatoms. The van der Waals surface area contributed by atoms with Crippen molar-refractivity contribution >= 4 is 29.2 Å². The number of nitrogens with zero attached hydrogens (tertiary/aromatic N) is 1. The van der Waals surface area contributed by atoms with E-state index in [0.29, 0.717) is 5.16 Å². The molecule has 1 amide bonds. The van der Waals surface area contributed by atoms with Crippen molar-refractivity contribution in [2.75, 3.05) is 11.1 Å². The molecule has 1 aromatic carbocycles. The normalized spacial score (nSPS) is 12.0. The van der Waals surface area contributed by atoms with E-state index >= 15 is 0 Å². The number of rotatable bonds is 5. The first-order valence-corrected chi connectivity index (χ1v) is 7.92. The fourth-order valence-electron chi connectivity index (χ4n) is 1.71. The van der Waals surface area contributed by atoms with Gasteiger partial charge in [0.05, 0.1) is 0 Å². The third-order valence-corrected chi connectivity index (χ3v) is 4.31. The van der Waals surface area contributed by atoms with Crippen LogP contribution in [-0.2, 0) is 0 Å². The molecule has 0 aliphatic rings. The van der Waals surface area contributed by atoms with Crippen LogP contribution in [-0.4, -0.2) is 21.1 Å². The fourth-order valence-corrected chi connectivity index (χ4v) is 2.56. The van der Waals surface area contributed by atoms with Gasteiger partial charge in [-0.15, -0.1) is 0 Å². The van der Waals surface area contributed by atoms with Crippen LogP contribution in [0.1, 0.15) is 30.6 Å². The summed E-state index contributed by atoms with van der Waals surface area (Å²) in [4.78, 5) is 30.8. The van der Waals surface area contributed by atoms with Gasteiger partial charge in [0, 0.05) is 10.8 Å². The quantitative estimate of drug-likeness (QED) is 0.575. The zero-order valence-electron chi connectivity index (χ0n) is 12.7. The van der Waals surface area contributed by atoms with E-state index in [9.17, 15) is 14.0 Å². The number of hydrogen-bond acceptors (Lipinski definition) is 5. The van der Waals surface area contributed by atoms with E-state index in [1.54, 1.807) is 0 Å². The zero-order chi connectivity index (χ0) is 17.0. The van der Waals surface area contributed by atoms with Gasteiger partial charge in [-0.3, -0.25) is 14.6 Å². The van der Waals surface area contributed by atoms with Gasteiger partial charge in [0.25, 0.3) is 11.5 Å². The zero-order valence-corrected chi connectivity index (χ0v) is 13.5. The van der Waals surface area contributed by atoms with Gasteiger partial charge in [0.2, 0.25) is 0 Å². The first-order chi connectivity index (χ1) is 10.9. The summed E-state index contributed by atoms with van der Waals surface area (Å²) in [5.74, 6) is -1.08. The Labute approximate surface area is 136 Å². The summed E-state index contributed by atoms with van der Waals surface area (Å²) in [6.07, 6.45) is 0.914. The lowest BCUT2D eigenvalue weighted by Crippen LogP contribution is -2.23. The van der Waals surface area contributed by atoms with E-state index in [-0.39, 0.29) is 22.3 Å². The van der Waals surface area contributed by atoms with Crippen LogP contribution in [0.15, 0.2) is 34.2 Å². The van der Waals surface area contributed by atoms with Crippen LogP contribution in [0, 0.1) is 5.82 Å². The van der Waals surface area contributed by atoms with Gasteiger partial charge in [-0.1, -0.05) is 25.6 Å². The number of nitrogens with two attached hydrogens (primary N) is 1. The lowest BCUT2D eigenvalue weighted by molar-refractivity contribution is 0.102. The minimum atomic E-state index is -0.564. The number of aromatic nitrogens is 2. The highest BCUT2D eigenvalue weighted by atomic mass is 32.2. The van der Waals surface area contributed by atoms with E-state index in [1.807, 2.05) is 13.8 Å². The number of nitrogen functional groups attached to an aromatic ring is 1. The first-order valence-electron chi connectivity index (χ1n) is 7.04. The average molecular weight is 336 g/mol. The molecule has 0 radical (unpaired) electrons. The molecular weight excluding hydrogens is 319 g/mol. The Morgan fingerprint density at radius 2 is 2.09 bits per heavy atom. The predicted octanol–water partition coefficient (Wildman–Crippen LogP) is 2.63. The van der Waals surface area contributed by atoms with Gasteiger partial charge in [-0.05, 0) is 30.7 Å². The Morgan fingerprint density at radius 1 is 1.43 bits per heavy atom. The molecule has 1 atom stereocenters. The summed E-state index contributed by atoms with van der Waals surface area (Å²) in [6.45, 7) is 4.03. The number of thioether (sulfide) groups is 1. The summed E-state index contributed by atoms with van der Waals surface area (Å²) in [6, 6.07) is 4.95. The number of nitrogens with one attached hydrogen (secondary N) is 2. The highest BCUT2D eigenvalue weighted by Gasteiger charge is 2.15. The van der Waals surface area contributed by atoms with Crippen molar-refractivity contribution in [3.8, 4) is 0 Å². The summed E-state index contributed by atoms with van der Waals surface area (Å²) < 4.78 is 12.9. The third-order valence-electron chi connectivity index (χ3n) is 3.16. The first kappa shape index (κ1) is 17.0. The number of carbonyl (C=O) groups excluding carboxylic acids is 1. The maximum Gasteiger partial charge on any atom is 0.277 e. The highest BCUT2D eigenvalue weighted by molar-refractivity contribution is 7.99. The van der Waals surface area contributed by atoms with E-state index < -0.39 is 17.3 Å². The molecule has 0 aliphatic heterocycles. The van der Waals surface area contributed by atoms with E-state index in [4.69, 9.17) is 5.73 Å². The van der Waals surface area contributed by atoms with Crippen molar-refractivity contribution in [2.45, 2.75) is 30.7 Å².